The lowest BCUT2D eigenvalue weighted by molar-refractivity contribution is 0.612. The van der Waals surface area contributed by atoms with Gasteiger partial charge in [-0.2, -0.15) is 0 Å². The summed E-state index contributed by atoms with van der Waals surface area (Å²) in [7, 11) is 1.71. The van der Waals surface area contributed by atoms with Gasteiger partial charge in [0.05, 0.1) is 5.69 Å². The van der Waals surface area contributed by atoms with E-state index in [1.165, 1.54) is 6.07 Å². The van der Waals surface area contributed by atoms with Gasteiger partial charge in [0.1, 0.15) is 11.2 Å². The highest BCUT2D eigenvalue weighted by molar-refractivity contribution is 5.77. The first-order valence-corrected chi connectivity index (χ1v) is 5.29. The summed E-state index contributed by atoms with van der Waals surface area (Å²) in [5.41, 5.74) is 2.56. The van der Waals surface area contributed by atoms with Crippen molar-refractivity contribution in [2.45, 2.75) is 0 Å². The molecule has 0 fully saturated rings. The fourth-order valence-electron chi connectivity index (χ4n) is 1.80. The third-order valence-corrected chi connectivity index (χ3v) is 2.66. The van der Waals surface area contributed by atoms with E-state index in [4.69, 9.17) is 4.42 Å². The molecule has 0 bridgehead atoms. The van der Waals surface area contributed by atoms with Crippen LogP contribution < -0.4 is 10.7 Å². The van der Waals surface area contributed by atoms with Crippen LogP contribution in [0.25, 0.3) is 22.6 Å². The summed E-state index contributed by atoms with van der Waals surface area (Å²) in [5.74, 6) is 0.507. The van der Waals surface area contributed by atoms with Crippen molar-refractivity contribution in [2.24, 2.45) is 0 Å². The molecule has 4 nitrogen and oxygen atoms in total. The Hall–Kier alpha value is -2.36. The van der Waals surface area contributed by atoms with E-state index in [2.05, 4.69) is 10.3 Å². The number of nitrogens with one attached hydrogen (secondary N) is 1. The molecule has 17 heavy (non-hydrogen) atoms. The van der Waals surface area contributed by atoms with E-state index >= 15 is 0 Å². The summed E-state index contributed by atoms with van der Waals surface area (Å²) >= 11 is 0. The minimum Gasteiger partial charge on any atom is -0.453 e. The molecule has 84 valence electrons. The monoisotopic (exact) mass is 226 g/mol. The smallest absolute Gasteiger partial charge is 0.205 e. The molecule has 0 amide bonds. The SMILES string of the molecule is CNc1cc2nc3ccccc3oc-2cc1=O. The topological polar surface area (TPSA) is 55.1 Å². The summed E-state index contributed by atoms with van der Waals surface area (Å²) in [6.45, 7) is 0. The first-order chi connectivity index (χ1) is 8.28. The lowest BCUT2D eigenvalue weighted by Crippen LogP contribution is -2.08. The van der Waals surface area contributed by atoms with Gasteiger partial charge >= 0.3 is 0 Å². The van der Waals surface area contributed by atoms with Gasteiger partial charge < -0.3 is 9.73 Å². The zero-order valence-corrected chi connectivity index (χ0v) is 9.23. The lowest BCUT2D eigenvalue weighted by atomic mass is 10.2. The van der Waals surface area contributed by atoms with Crippen molar-refractivity contribution in [2.75, 3.05) is 12.4 Å². The Morgan fingerprint density at radius 1 is 1.24 bits per heavy atom. The van der Waals surface area contributed by atoms with Gasteiger partial charge in [-0.25, -0.2) is 4.98 Å². The van der Waals surface area contributed by atoms with Gasteiger partial charge in [-0.3, -0.25) is 4.79 Å². The lowest BCUT2D eigenvalue weighted by Gasteiger charge is -2.07. The molecule has 3 rings (SSSR count). The first kappa shape index (κ1) is 9.84. The van der Waals surface area contributed by atoms with Crippen molar-refractivity contribution in [1.82, 2.24) is 4.98 Å². The molecule has 1 aliphatic carbocycles. The minimum absolute atomic E-state index is 0.0965. The maximum atomic E-state index is 11.7. The van der Waals surface area contributed by atoms with Crippen LogP contribution in [0.1, 0.15) is 0 Å². The molecule has 0 atom stereocenters. The van der Waals surface area contributed by atoms with Crippen LogP contribution in [-0.4, -0.2) is 12.0 Å². The highest BCUT2D eigenvalue weighted by Crippen LogP contribution is 2.24. The zero-order valence-electron chi connectivity index (χ0n) is 9.23. The van der Waals surface area contributed by atoms with Gasteiger partial charge in [0.2, 0.25) is 5.43 Å². The second-order valence-electron chi connectivity index (χ2n) is 3.75. The van der Waals surface area contributed by atoms with Gasteiger partial charge in [0.25, 0.3) is 0 Å². The Kier molecular flexibility index (Phi) is 2.08. The Labute approximate surface area is 97.2 Å². The second-order valence-corrected chi connectivity index (χ2v) is 3.75. The number of aromatic nitrogens is 1. The highest BCUT2D eigenvalue weighted by Gasteiger charge is 2.11. The highest BCUT2D eigenvalue weighted by atomic mass is 16.3. The van der Waals surface area contributed by atoms with E-state index in [-0.39, 0.29) is 5.43 Å². The third-order valence-electron chi connectivity index (χ3n) is 2.66. The van der Waals surface area contributed by atoms with Crippen molar-refractivity contribution < 1.29 is 4.42 Å². The van der Waals surface area contributed by atoms with Gasteiger partial charge in [-0.1, -0.05) is 12.1 Å². The van der Waals surface area contributed by atoms with Crippen LogP contribution in [0, 0.1) is 0 Å². The predicted molar refractivity (Wildman–Crippen MR) is 66.4 cm³/mol. The molecular weight excluding hydrogens is 216 g/mol. The second kappa shape index (κ2) is 3.59. The zero-order chi connectivity index (χ0) is 11.8. The van der Waals surface area contributed by atoms with Crippen LogP contribution in [0.2, 0.25) is 0 Å². The van der Waals surface area contributed by atoms with Crippen LogP contribution in [-0.2, 0) is 0 Å². The van der Waals surface area contributed by atoms with E-state index in [9.17, 15) is 4.79 Å². The molecule has 1 aliphatic heterocycles. The number of fused-ring (bicyclic) bond motifs is 2. The van der Waals surface area contributed by atoms with Crippen LogP contribution in [0.4, 0.5) is 5.69 Å². The molecule has 0 unspecified atom stereocenters. The van der Waals surface area contributed by atoms with E-state index in [1.807, 2.05) is 24.3 Å². The maximum absolute atomic E-state index is 11.7. The molecule has 0 saturated carbocycles. The van der Waals surface area contributed by atoms with Crippen LogP contribution in [0.5, 0.6) is 0 Å². The number of rotatable bonds is 1. The molecule has 4 heteroatoms. The number of hydrogen-bond acceptors (Lipinski definition) is 4. The maximum Gasteiger partial charge on any atom is 0.205 e. The van der Waals surface area contributed by atoms with Gasteiger partial charge in [0.15, 0.2) is 11.3 Å². The normalized spacial score (nSPS) is 10.9. The molecule has 0 saturated heterocycles. The fourth-order valence-corrected chi connectivity index (χ4v) is 1.80. The Morgan fingerprint density at radius 3 is 2.88 bits per heavy atom. The van der Waals surface area contributed by atoms with Crippen LogP contribution in [0.3, 0.4) is 0 Å². The van der Waals surface area contributed by atoms with Gasteiger partial charge in [0, 0.05) is 13.1 Å². The number of benzene rings is 2. The molecule has 2 aliphatic rings. The molecule has 1 heterocycles. The third kappa shape index (κ3) is 1.54. The molecule has 1 aromatic carbocycles. The van der Waals surface area contributed by atoms with Crippen LogP contribution >= 0.6 is 0 Å². The van der Waals surface area contributed by atoms with Crippen molar-refractivity contribution in [3.8, 4) is 11.5 Å². The predicted octanol–water partition coefficient (Wildman–Crippen LogP) is 2.33. The first-order valence-electron chi connectivity index (χ1n) is 5.29. The molecule has 0 radical (unpaired) electrons. The van der Waals surface area contributed by atoms with Crippen molar-refractivity contribution >= 4 is 16.8 Å². The number of para-hydroxylation sites is 2. The minimum atomic E-state index is -0.0965. The standard InChI is InChI=1S/C13H10N2O2/c1-14-9-6-10-13(7-11(9)16)17-12-5-3-2-4-8(12)15-10/h2-7,14H,1H3. The Morgan fingerprint density at radius 2 is 2.06 bits per heavy atom. The largest absolute Gasteiger partial charge is 0.453 e. The summed E-state index contributed by atoms with van der Waals surface area (Å²) < 4.78 is 5.64. The van der Waals surface area contributed by atoms with Crippen LogP contribution in [0.15, 0.2) is 45.6 Å². The summed E-state index contributed by atoms with van der Waals surface area (Å²) in [4.78, 5) is 16.1. The van der Waals surface area contributed by atoms with E-state index in [0.717, 1.165) is 5.52 Å². The fraction of sp³-hybridized carbons (Fsp3) is 0.0769. The number of anilines is 1. The molecular formula is C13H10N2O2. The molecule has 0 spiro atoms. The quantitative estimate of drug-likeness (QED) is 0.647. The van der Waals surface area contributed by atoms with Crippen molar-refractivity contribution in [1.29, 1.82) is 0 Å². The average Bonchev–Trinajstić information content (AvgIpc) is 2.35. The van der Waals surface area contributed by atoms with E-state index in [0.29, 0.717) is 22.7 Å². The van der Waals surface area contributed by atoms with E-state index in [1.54, 1.807) is 13.1 Å². The Bertz CT molecular complexity index is 718. The summed E-state index contributed by atoms with van der Waals surface area (Å²) in [5, 5.41) is 2.84. The van der Waals surface area contributed by atoms with E-state index < -0.39 is 0 Å². The average molecular weight is 226 g/mol. The number of nitrogens with zero attached hydrogens (tertiary/aromatic N) is 1. The Balaban J connectivity index is 2.41. The summed E-state index contributed by atoms with van der Waals surface area (Å²) in [6, 6.07) is 10.6. The molecule has 1 aromatic rings. The number of hydrogen-bond donors (Lipinski definition) is 1. The molecule has 1 N–H and O–H groups in total. The molecule has 0 aromatic heterocycles. The van der Waals surface area contributed by atoms with Gasteiger partial charge in [-0.05, 0) is 18.2 Å². The van der Waals surface area contributed by atoms with Crippen molar-refractivity contribution in [3.05, 3.63) is 46.6 Å². The summed E-state index contributed by atoms with van der Waals surface area (Å²) in [6.07, 6.45) is 0. The van der Waals surface area contributed by atoms with Gasteiger partial charge in [-0.15, -0.1) is 0 Å². The van der Waals surface area contributed by atoms with Crippen molar-refractivity contribution in [3.63, 3.8) is 0 Å².